The van der Waals surface area contributed by atoms with Crippen LogP contribution in [0.1, 0.15) is 201 Å². The van der Waals surface area contributed by atoms with Gasteiger partial charge in [-0.1, -0.05) is 131 Å². The molecule has 0 aromatic carbocycles. The Kier molecular flexibility index (Phi) is 30.0. The van der Waals surface area contributed by atoms with Crippen molar-refractivity contribution in [3.8, 4) is 0 Å². The summed E-state index contributed by atoms with van der Waals surface area (Å²) in [5.74, 6) is 3.26. The van der Waals surface area contributed by atoms with Gasteiger partial charge in [0.1, 0.15) is 0 Å². The predicted molar refractivity (Wildman–Crippen MR) is 204 cm³/mol. The molecule has 7 atom stereocenters. The Balaban J connectivity index is -0.000000479. The maximum Gasteiger partial charge on any atom is 0.217 e. The lowest BCUT2D eigenvalue weighted by Gasteiger charge is -2.71. The third-order valence-corrected chi connectivity index (χ3v) is 11.8. The number of fused-ring (bicyclic) bond motifs is 5. The van der Waals surface area contributed by atoms with E-state index in [0.29, 0.717) is 28.1 Å². The number of carbonyl (C=O) groups excluding carboxylic acids is 1. The van der Waals surface area contributed by atoms with Crippen molar-refractivity contribution in [2.75, 3.05) is 6.26 Å². The Bertz CT molecular complexity index is 650. The van der Waals surface area contributed by atoms with Gasteiger partial charge in [-0.05, 0) is 116 Å². The van der Waals surface area contributed by atoms with Crippen molar-refractivity contribution in [1.29, 1.82) is 0 Å². The fourth-order valence-electron chi connectivity index (χ4n) is 9.98. The van der Waals surface area contributed by atoms with Crippen molar-refractivity contribution in [1.82, 2.24) is 0 Å². The van der Waals surface area contributed by atoms with Crippen LogP contribution in [0.3, 0.4) is 0 Å². The average Bonchev–Trinajstić information content (AvgIpc) is 3.40. The second-order valence-electron chi connectivity index (χ2n) is 12.7. The van der Waals surface area contributed by atoms with Crippen molar-refractivity contribution in [3.63, 3.8) is 0 Å². The number of rotatable bonds is 5. The molecule has 0 heterocycles. The molecular weight excluding hydrogens is 543 g/mol. The summed E-state index contributed by atoms with van der Waals surface area (Å²) in [6.45, 7) is 37.2. The second kappa shape index (κ2) is 25.9. The molecule has 264 valence electrons. The van der Waals surface area contributed by atoms with Crippen molar-refractivity contribution in [2.24, 2.45) is 51.1 Å². The van der Waals surface area contributed by atoms with Crippen LogP contribution in [0, 0.1) is 45.3 Å². The minimum atomic E-state index is -0.121. The highest BCUT2D eigenvalue weighted by Crippen LogP contribution is 2.76. The summed E-state index contributed by atoms with van der Waals surface area (Å²) in [6, 6.07) is 0. The molecule has 0 saturated heterocycles. The highest BCUT2D eigenvalue weighted by molar-refractivity contribution is 7.79. The maximum absolute atomic E-state index is 11.3. The first-order chi connectivity index (χ1) is 20.6. The van der Waals surface area contributed by atoms with E-state index < -0.39 is 0 Å². The molecule has 4 aliphatic rings. The molecule has 0 aliphatic heterocycles. The largest absolute Gasteiger partial charge is 0.370 e. The molecular formula is C40H87NOS. The minimum absolute atomic E-state index is 0.121. The van der Waals surface area contributed by atoms with Gasteiger partial charge in [-0.2, -0.15) is 12.6 Å². The van der Waals surface area contributed by atoms with Crippen LogP contribution in [-0.2, 0) is 4.79 Å². The number of hydrogen-bond acceptors (Lipinski definition) is 2. The molecule has 43 heavy (non-hydrogen) atoms. The SMILES string of the molecule is CC.CC.CC.CC.CC.CC.CC(C)[C@@]12CCC3(C)CCCC[C@]3(C)C1CCC1(C)C2CC[C@@H]1CCCC(N)=O.CS. The molecule has 0 bridgehead atoms. The van der Waals surface area contributed by atoms with E-state index in [9.17, 15) is 4.79 Å². The smallest absolute Gasteiger partial charge is 0.217 e. The molecule has 4 saturated carbocycles. The van der Waals surface area contributed by atoms with E-state index in [0.717, 1.165) is 30.1 Å². The Morgan fingerprint density at radius 1 is 0.698 bits per heavy atom. The molecule has 0 aromatic heterocycles. The van der Waals surface area contributed by atoms with E-state index in [-0.39, 0.29) is 5.91 Å². The summed E-state index contributed by atoms with van der Waals surface area (Å²) in [7, 11) is 0. The molecule has 4 fully saturated rings. The van der Waals surface area contributed by atoms with Gasteiger partial charge in [-0.25, -0.2) is 0 Å². The van der Waals surface area contributed by atoms with Crippen molar-refractivity contribution < 1.29 is 4.79 Å². The molecule has 4 rings (SSSR count). The summed E-state index contributed by atoms with van der Waals surface area (Å²) in [5, 5.41) is 0. The summed E-state index contributed by atoms with van der Waals surface area (Å²) >= 11 is 3.53. The lowest BCUT2D eigenvalue weighted by molar-refractivity contribution is -0.221. The van der Waals surface area contributed by atoms with Gasteiger partial charge in [0.05, 0.1) is 0 Å². The third-order valence-electron chi connectivity index (χ3n) is 11.8. The van der Waals surface area contributed by atoms with Crippen LogP contribution >= 0.6 is 12.6 Å². The van der Waals surface area contributed by atoms with Gasteiger partial charge in [0, 0.05) is 6.42 Å². The Labute approximate surface area is 281 Å². The van der Waals surface area contributed by atoms with Crippen LogP contribution in [-0.4, -0.2) is 12.2 Å². The van der Waals surface area contributed by atoms with Gasteiger partial charge in [0.25, 0.3) is 0 Å². The summed E-state index contributed by atoms with van der Waals surface area (Å²) in [6.07, 6.45) is 18.9. The van der Waals surface area contributed by atoms with Gasteiger partial charge >= 0.3 is 0 Å². The standard InChI is InChI=1S/C27H47NO.6C2H6.CH4S/c1-19(2)27-18-17-24(3)14-6-7-15-26(24,5)22(27)13-16-25(4)20(11-12-21(25)27)9-8-10-23(28)29;7*1-2/h19-22H,6-18H2,1-5H3,(H2,28,29);6*1-2H3;2H,1H3/t20-,21?,22?,24?,25?,26+,27+;;;;;;;/m0......./s1. The van der Waals surface area contributed by atoms with Crippen LogP contribution in [0.15, 0.2) is 0 Å². The lowest BCUT2D eigenvalue weighted by Crippen LogP contribution is -2.63. The van der Waals surface area contributed by atoms with Gasteiger partial charge < -0.3 is 5.73 Å². The van der Waals surface area contributed by atoms with Crippen molar-refractivity contribution in [3.05, 3.63) is 0 Å². The zero-order valence-corrected chi connectivity index (χ0v) is 34.3. The predicted octanol–water partition coefficient (Wildman–Crippen LogP) is 13.8. The zero-order chi connectivity index (χ0) is 35.1. The summed E-state index contributed by atoms with van der Waals surface area (Å²) in [4.78, 5) is 11.3. The van der Waals surface area contributed by atoms with E-state index in [1.165, 1.54) is 70.6 Å². The number of thiol groups is 1. The molecule has 1 amide bonds. The van der Waals surface area contributed by atoms with Gasteiger partial charge in [0.2, 0.25) is 5.91 Å². The topological polar surface area (TPSA) is 43.1 Å². The Hall–Kier alpha value is -0.180. The normalized spacial score (nSPS) is 34.3. The van der Waals surface area contributed by atoms with E-state index in [1.54, 1.807) is 6.26 Å². The fourth-order valence-corrected chi connectivity index (χ4v) is 9.98. The van der Waals surface area contributed by atoms with E-state index in [4.69, 9.17) is 5.73 Å². The van der Waals surface area contributed by atoms with Crippen LogP contribution < -0.4 is 5.73 Å². The second-order valence-corrected chi connectivity index (χ2v) is 12.7. The number of hydrogen-bond donors (Lipinski definition) is 2. The van der Waals surface area contributed by atoms with E-state index in [1.807, 2.05) is 83.1 Å². The lowest BCUT2D eigenvalue weighted by atomic mass is 9.34. The van der Waals surface area contributed by atoms with E-state index in [2.05, 4.69) is 47.2 Å². The van der Waals surface area contributed by atoms with Crippen LogP contribution in [0.25, 0.3) is 0 Å². The molecule has 4 aliphatic carbocycles. The quantitative estimate of drug-likeness (QED) is 0.292. The van der Waals surface area contributed by atoms with Crippen LogP contribution in [0.4, 0.5) is 0 Å². The molecule has 2 nitrogen and oxygen atoms in total. The van der Waals surface area contributed by atoms with Crippen molar-refractivity contribution in [2.45, 2.75) is 201 Å². The van der Waals surface area contributed by atoms with Crippen molar-refractivity contribution >= 4 is 18.5 Å². The third kappa shape index (κ3) is 10.9. The first-order valence-corrected chi connectivity index (χ1v) is 20.2. The first kappa shape index (κ1) is 49.7. The number of amides is 1. The monoisotopic (exact) mass is 630 g/mol. The molecule has 0 spiro atoms. The number of nitrogens with two attached hydrogens (primary N) is 1. The van der Waals surface area contributed by atoms with Gasteiger partial charge in [-0.3, -0.25) is 4.79 Å². The Morgan fingerprint density at radius 3 is 1.65 bits per heavy atom. The molecule has 0 aromatic rings. The van der Waals surface area contributed by atoms with Gasteiger partial charge in [0.15, 0.2) is 0 Å². The zero-order valence-electron chi connectivity index (χ0n) is 33.4. The summed E-state index contributed by atoms with van der Waals surface area (Å²) < 4.78 is 0. The average molecular weight is 630 g/mol. The highest BCUT2D eigenvalue weighted by Gasteiger charge is 2.69. The minimum Gasteiger partial charge on any atom is -0.370 e. The molecule has 0 radical (unpaired) electrons. The Morgan fingerprint density at radius 2 is 1.19 bits per heavy atom. The molecule has 2 N–H and O–H groups in total. The fraction of sp³-hybridized carbons (Fsp3) is 0.975. The molecule has 4 unspecified atom stereocenters. The molecule has 3 heteroatoms. The summed E-state index contributed by atoms with van der Waals surface area (Å²) in [5.41, 5.74) is 7.57. The maximum atomic E-state index is 11.3. The number of carbonyl (C=O) groups is 1. The number of primary amides is 1. The highest BCUT2D eigenvalue weighted by atomic mass is 32.1. The first-order valence-electron chi connectivity index (χ1n) is 19.3. The van der Waals surface area contributed by atoms with Crippen LogP contribution in [0.5, 0.6) is 0 Å². The van der Waals surface area contributed by atoms with Crippen LogP contribution in [0.2, 0.25) is 0 Å². The van der Waals surface area contributed by atoms with Gasteiger partial charge in [-0.15, -0.1) is 0 Å². The van der Waals surface area contributed by atoms with E-state index >= 15 is 0 Å².